The Balaban J connectivity index is 0.000000324. The van der Waals surface area contributed by atoms with Gasteiger partial charge in [0.15, 0.2) is 0 Å². The van der Waals surface area contributed by atoms with Gasteiger partial charge in [0.05, 0.1) is 6.07 Å². The zero-order valence-corrected chi connectivity index (χ0v) is 15.1. The lowest BCUT2D eigenvalue weighted by Gasteiger charge is -2.14. The number of hydrogen-bond donors (Lipinski definition) is 4. The van der Waals surface area contributed by atoms with Gasteiger partial charge in [-0.15, -0.1) is 0 Å². The summed E-state index contributed by atoms with van der Waals surface area (Å²) >= 11 is 3.84. The summed E-state index contributed by atoms with van der Waals surface area (Å²) in [7, 11) is 1.91. The average Bonchev–Trinajstić information content (AvgIpc) is 2.70. The van der Waals surface area contributed by atoms with Crippen LogP contribution in [0.2, 0.25) is 0 Å². The van der Waals surface area contributed by atoms with E-state index in [2.05, 4.69) is 28.2 Å². The Morgan fingerprint density at radius 1 is 1.08 bits per heavy atom. The maximum atomic E-state index is 10.9. The van der Waals surface area contributed by atoms with Crippen molar-refractivity contribution in [1.29, 1.82) is 5.26 Å². The molecule has 2 rings (SSSR count). The molecule has 132 valence electrons. The van der Waals surface area contributed by atoms with Crippen LogP contribution in [0.5, 0.6) is 0 Å². The molecule has 2 unspecified atom stereocenters. The number of nitriles is 1. The zero-order chi connectivity index (χ0) is 18.3. The molecule has 6 heteroatoms. The number of anilines is 2. The molecule has 0 heterocycles. The van der Waals surface area contributed by atoms with Crippen molar-refractivity contribution in [3.63, 3.8) is 0 Å². The van der Waals surface area contributed by atoms with Crippen molar-refractivity contribution in [3.8, 4) is 6.07 Å². The van der Waals surface area contributed by atoms with Crippen LogP contribution in [0.3, 0.4) is 0 Å². The van der Waals surface area contributed by atoms with Gasteiger partial charge in [-0.05, 0) is 30.7 Å². The molecule has 0 fully saturated rings. The summed E-state index contributed by atoms with van der Waals surface area (Å²) in [5.74, 6) is -0.209. The Kier molecular flexibility index (Phi) is 10.6. The predicted molar refractivity (Wildman–Crippen MR) is 107 cm³/mol. The minimum Gasteiger partial charge on any atom is -0.388 e. The van der Waals surface area contributed by atoms with E-state index in [1.54, 1.807) is 0 Å². The molecular formula is C19H24N4OS. The highest BCUT2D eigenvalue weighted by atomic mass is 32.1. The molecule has 0 saturated carbocycles. The van der Waals surface area contributed by atoms with Crippen LogP contribution in [0, 0.1) is 17.2 Å². The van der Waals surface area contributed by atoms with Gasteiger partial charge >= 0.3 is 0 Å². The van der Waals surface area contributed by atoms with Gasteiger partial charge in [-0.1, -0.05) is 49.2 Å². The smallest absolute Gasteiger partial charge is 0.124 e. The molecule has 0 aliphatic heterocycles. The number of nitrogens with one attached hydrogen (secondary N) is 3. The summed E-state index contributed by atoms with van der Waals surface area (Å²) < 4.78 is 2.56. The van der Waals surface area contributed by atoms with Crippen molar-refractivity contribution < 1.29 is 4.79 Å². The van der Waals surface area contributed by atoms with Crippen molar-refractivity contribution in [1.82, 2.24) is 4.72 Å². The van der Waals surface area contributed by atoms with Crippen molar-refractivity contribution in [3.05, 3.63) is 60.7 Å². The topological polar surface area (TPSA) is 77.0 Å². The average molecular weight is 356 g/mol. The maximum Gasteiger partial charge on any atom is 0.124 e. The fourth-order valence-electron chi connectivity index (χ4n) is 2.03. The molecule has 0 spiro atoms. The number of aldehydes is 1. The number of para-hydroxylation sites is 2. The quantitative estimate of drug-likeness (QED) is 0.431. The fraction of sp³-hybridized carbons (Fsp3) is 0.263. The molecule has 0 amide bonds. The standard InChI is InChI=1S/C12H15N3OS.C7H9N/c13-7-12(15-17)6-10(9-16)8-14-11-4-2-1-3-5-11;1-8-7-5-3-2-4-6-7/h1-5,9-10,12,14-15,17H,6,8H2;2-6,8H,1H3. The number of thiol groups is 1. The Hall–Kier alpha value is -2.49. The largest absolute Gasteiger partial charge is 0.388 e. The van der Waals surface area contributed by atoms with E-state index < -0.39 is 6.04 Å². The molecule has 2 aromatic carbocycles. The lowest BCUT2D eigenvalue weighted by atomic mass is 10.0. The normalized spacial score (nSPS) is 11.9. The van der Waals surface area contributed by atoms with Crippen molar-refractivity contribution in [2.24, 2.45) is 5.92 Å². The van der Waals surface area contributed by atoms with E-state index in [9.17, 15) is 4.79 Å². The van der Waals surface area contributed by atoms with Gasteiger partial charge in [0.2, 0.25) is 0 Å². The molecule has 0 saturated heterocycles. The highest BCUT2D eigenvalue weighted by Crippen LogP contribution is 2.09. The molecular weight excluding hydrogens is 332 g/mol. The number of hydrogen-bond acceptors (Lipinski definition) is 6. The first-order valence-corrected chi connectivity index (χ1v) is 8.44. The second kappa shape index (κ2) is 12.9. The third-order valence-corrected chi connectivity index (χ3v) is 3.76. The molecule has 25 heavy (non-hydrogen) atoms. The van der Waals surface area contributed by atoms with Gasteiger partial charge < -0.3 is 15.4 Å². The monoisotopic (exact) mass is 356 g/mol. The third-order valence-electron chi connectivity index (χ3n) is 3.45. The fourth-order valence-corrected chi connectivity index (χ4v) is 2.20. The van der Waals surface area contributed by atoms with Crippen molar-refractivity contribution in [2.75, 3.05) is 24.2 Å². The minimum absolute atomic E-state index is 0.209. The van der Waals surface area contributed by atoms with Gasteiger partial charge in [0.1, 0.15) is 12.3 Å². The number of carbonyl (C=O) groups excluding carboxylic acids is 1. The summed E-state index contributed by atoms with van der Waals surface area (Å²) in [6.45, 7) is 0.515. The van der Waals surface area contributed by atoms with Gasteiger partial charge in [0, 0.05) is 30.9 Å². The molecule has 0 aromatic heterocycles. The molecule has 0 bridgehead atoms. The SMILES string of the molecule is CNc1ccccc1.N#CC(CC(C=O)CNc1ccccc1)NS. The number of rotatable bonds is 8. The first-order valence-electron chi connectivity index (χ1n) is 7.99. The van der Waals surface area contributed by atoms with Crippen LogP contribution in [-0.2, 0) is 4.79 Å². The third kappa shape index (κ3) is 8.80. The molecule has 5 nitrogen and oxygen atoms in total. The Labute approximate surface area is 155 Å². The van der Waals surface area contributed by atoms with E-state index in [-0.39, 0.29) is 5.92 Å². The van der Waals surface area contributed by atoms with Gasteiger partial charge in [-0.3, -0.25) is 0 Å². The van der Waals surface area contributed by atoms with Crippen LogP contribution in [-0.4, -0.2) is 25.9 Å². The van der Waals surface area contributed by atoms with Crippen molar-refractivity contribution in [2.45, 2.75) is 12.5 Å². The highest BCUT2D eigenvalue weighted by Gasteiger charge is 2.14. The molecule has 0 aliphatic rings. The van der Waals surface area contributed by atoms with Crippen LogP contribution in [0.15, 0.2) is 60.7 Å². The lowest BCUT2D eigenvalue weighted by Crippen LogP contribution is -2.26. The highest BCUT2D eigenvalue weighted by molar-refractivity contribution is 7.78. The van der Waals surface area contributed by atoms with E-state index in [0.29, 0.717) is 13.0 Å². The summed E-state index contributed by atoms with van der Waals surface area (Å²) in [5.41, 5.74) is 2.12. The van der Waals surface area contributed by atoms with Gasteiger partial charge in [-0.2, -0.15) is 5.26 Å². The van der Waals surface area contributed by atoms with Crippen LogP contribution < -0.4 is 15.4 Å². The number of benzene rings is 2. The van der Waals surface area contributed by atoms with Crippen LogP contribution in [0.4, 0.5) is 11.4 Å². The van der Waals surface area contributed by atoms with E-state index >= 15 is 0 Å². The lowest BCUT2D eigenvalue weighted by molar-refractivity contribution is -0.110. The minimum atomic E-state index is -0.411. The van der Waals surface area contributed by atoms with E-state index in [1.807, 2.05) is 73.8 Å². The predicted octanol–water partition coefficient (Wildman–Crippen LogP) is 3.36. The van der Waals surface area contributed by atoms with Crippen LogP contribution in [0.1, 0.15) is 6.42 Å². The number of carbonyl (C=O) groups is 1. The number of nitrogens with zero attached hydrogens (tertiary/aromatic N) is 1. The zero-order valence-electron chi connectivity index (χ0n) is 14.2. The maximum absolute atomic E-state index is 10.9. The van der Waals surface area contributed by atoms with Gasteiger partial charge in [0.25, 0.3) is 0 Å². The van der Waals surface area contributed by atoms with E-state index in [1.165, 1.54) is 0 Å². The molecule has 0 aliphatic carbocycles. The summed E-state index contributed by atoms with van der Waals surface area (Å²) in [6.07, 6.45) is 1.31. The summed E-state index contributed by atoms with van der Waals surface area (Å²) in [5, 5.41) is 14.9. The van der Waals surface area contributed by atoms with E-state index in [0.717, 1.165) is 17.7 Å². The first-order chi connectivity index (χ1) is 12.2. The second-order valence-corrected chi connectivity index (χ2v) is 5.56. The Morgan fingerprint density at radius 2 is 1.64 bits per heavy atom. The molecule has 3 N–H and O–H groups in total. The van der Waals surface area contributed by atoms with Crippen LogP contribution in [0.25, 0.3) is 0 Å². The van der Waals surface area contributed by atoms with E-state index in [4.69, 9.17) is 5.26 Å². The molecule has 0 radical (unpaired) electrons. The summed E-state index contributed by atoms with van der Waals surface area (Å²) in [4.78, 5) is 10.9. The van der Waals surface area contributed by atoms with Crippen molar-refractivity contribution >= 4 is 30.5 Å². The molecule has 2 aromatic rings. The first kappa shape index (κ1) is 20.6. The van der Waals surface area contributed by atoms with Gasteiger partial charge in [-0.25, -0.2) is 4.72 Å². The van der Waals surface area contributed by atoms with Crippen LogP contribution >= 0.6 is 12.8 Å². The Bertz CT molecular complexity index is 631. The Morgan fingerprint density at radius 3 is 2.04 bits per heavy atom. The second-order valence-electron chi connectivity index (χ2n) is 5.31. The summed E-state index contributed by atoms with van der Waals surface area (Å²) in [6, 6.07) is 21.3. The molecule has 2 atom stereocenters.